The molecule has 21 heavy (non-hydrogen) atoms. The Labute approximate surface area is 130 Å². The molecule has 2 aromatic heterocycles. The third-order valence-corrected chi connectivity index (χ3v) is 3.57. The van der Waals surface area contributed by atoms with Crippen LogP contribution in [0.3, 0.4) is 0 Å². The van der Waals surface area contributed by atoms with E-state index in [4.69, 9.17) is 0 Å². The van der Waals surface area contributed by atoms with Gasteiger partial charge in [-0.3, -0.25) is 9.78 Å². The number of pyridine rings is 2. The van der Waals surface area contributed by atoms with Crippen molar-refractivity contribution in [2.45, 2.75) is 6.92 Å². The number of nitrogens with one attached hydrogen (secondary N) is 1. The van der Waals surface area contributed by atoms with Crippen LogP contribution in [0.2, 0.25) is 0 Å². The van der Waals surface area contributed by atoms with E-state index < -0.39 is 0 Å². The molecular weight excluding hydrogens is 330 g/mol. The first-order valence-corrected chi connectivity index (χ1v) is 7.22. The minimum atomic E-state index is -0.203. The summed E-state index contributed by atoms with van der Waals surface area (Å²) in [5.74, 6) is -0.203. The van der Waals surface area contributed by atoms with Crippen LogP contribution in [0.25, 0.3) is 10.9 Å². The van der Waals surface area contributed by atoms with E-state index in [1.54, 1.807) is 12.1 Å². The molecule has 0 atom stereocenters. The van der Waals surface area contributed by atoms with Crippen molar-refractivity contribution in [3.05, 3.63) is 64.5 Å². The van der Waals surface area contributed by atoms with Crippen LogP contribution in [0.4, 0.5) is 5.69 Å². The summed E-state index contributed by atoms with van der Waals surface area (Å²) in [5, 5.41) is 3.88. The average Bonchev–Trinajstić information content (AvgIpc) is 2.48. The zero-order valence-electron chi connectivity index (χ0n) is 11.3. The zero-order valence-corrected chi connectivity index (χ0v) is 12.9. The maximum Gasteiger partial charge on any atom is 0.257 e. The highest BCUT2D eigenvalue weighted by molar-refractivity contribution is 9.10. The van der Waals surface area contributed by atoms with Gasteiger partial charge in [-0.05, 0) is 47.1 Å². The first-order chi connectivity index (χ1) is 10.1. The van der Waals surface area contributed by atoms with Crippen molar-refractivity contribution in [2.24, 2.45) is 0 Å². The fourth-order valence-electron chi connectivity index (χ4n) is 2.05. The minimum absolute atomic E-state index is 0.203. The van der Waals surface area contributed by atoms with E-state index in [-0.39, 0.29) is 5.91 Å². The molecule has 5 heteroatoms. The summed E-state index contributed by atoms with van der Waals surface area (Å²) in [6.45, 7) is 1.93. The molecule has 0 radical (unpaired) electrons. The number of fused-ring (bicyclic) bond motifs is 1. The highest BCUT2D eigenvalue weighted by Gasteiger charge is 2.09. The van der Waals surface area contributed by atoms with Crippen molar-refractivity contribution in [2.75, 3.05) is 5.32 Å². The van der Waals surface area contributed by atoms with Crippen LogP contribution < -0.4 is 5.32 Å². The van der Waals surface area contributed by atoms with Crippen molar-refractivity contribution in [3.8, 4) is 0 Å². The van der Waals surface area contributed by atoms with Gasteiger partial charge in [-0.2, -0.15) is 0 Å². The van der Waals surface area contributed by atoms with Gasteiger partial charge in [0, 0.05) is 17.3 Å². The molecule has 0 saturated carbocycles. The SMILES string of the molecule is Cc1ccc2cccc(NC(=O)c3ccc(Br)nc3)c2n1. The van der Waals surface area contributed by atoms with E-state index in [1.165, 1.54) is 6.20 Å². The quantitative estimate of drug-likeness (QED) is 0.718. The minimum Gasteiger partial charge on any atom is -0.320 e. The number of rotatable bonds is 2. The van der Waals surface area contributed by atoms with Crippen LogP contribution in [0.15, 0.2) is 53.3 Å². The number of benzene rings is 1. The average molecular weight is 342 g/mol. The van der Waals surface area contributed by atoms with E-state index >= 15 is 0 Å². The number of aromatic nitrogens is 2. The molecule has 0 spiro atoms. The van der Waals surface area contributed by atoms with Gasteiger partial charge in [-0.25, -0.2) is 4.98 Å². The fourth-order valence-corrected chi connectivity index (χ4v) is 2.28. The summed E-state index contributed by atoms with van der Waals surface area (Å²) >= 11 is 3.25. The van der Waals surface area contributed by atoms with Crippen LogP contribution in [0.1, 0.15) is 16.1 Å². The smallest absolute Gasteiger partial charge is 0.257 e. The van der Waals surface area contributed by atoms with Crippen LogP contribution in [0.5, 0.6) is 0 Å². The highest BCUT2D eigenvalue weighted by atomic mass is 79.9. The number of hydrogen-bond donors (Lipinski definition) is 1. The first-order valence-electron chi connectivity index (χ1n) is 6.43. The second-order valence-corrected chi connectivity index (χ2v) is 5.47. The summed E-state index contributed by atoms with van der Waals surface area (Å²) in [6, 6.07) is 13.1. The number of anilines is 1. The normalized spacial score (nSPS) is 10.6. The number of halogens is 1. The van der Waals surface area contributed by atoms with E-state index in [0.29, 0.717) is 15.9 Å². The number of amides is 1. The number of hydrogen-bond acceptors (Lipinski definition) is 3. The number of nitrogens with zero attached hydrogens (tertiary/aromatic N) is 2. The molecule has 1 N–H and O–H groups in total. The van der Waals surface area contributed by atoms with E-state index in [1.807, 2.05) is 37.3 Å². The third-order valence-electron chi connectivity index (χ3n) is 3.10. The van der Waals surface area contributed by atoms with Crippen molar-refractivity contribution in [3.63, 3.8) is 0 Å². The molecule has 2 heterocycles. The van der Waals surface area contributed by atoms with Crippen LogP contribution in [-0.4, -0.2) is 15.9 Å². The summed E-state index contributed by atoms with van der Waals surface area (Å²) in [6.07, 6.45) is 1.53. The molecule has 4 nitrogen and oxygen atoms in total. The molecule has 0 aliphatic heterocycles. The van der Waals surface area contributed by atoms with Gasteiger partial charge in [-0.1, -0.05) is 18.2 Å². The van der Waals surface area contributed by atoms with E-state index in [2.05, 4.69) is 31.2 Å². The van der Waals surface area contributed by atoms with Crippen molar-refractivity contribution in [1.29, 1.82) is 0 Å². The van der Waals surface area contributed by atoms with Gasteiger partial charge < -0.3 is 5.32 Å². The molecule has 3 rings (SSSR count). The predicted octanol–water partition coefficient (Wildman–Crippen LogP) is 3.95. The molecule has 0 saturated heterocycles. The summed E-state index contributed by atoms with van der Waals surface area (Å²) in [7, 11) is 0. The van der Waals surface area contributed by atoms with Gasteiger partial charge in [0.05, 0.1) is 16.8 Å². The third kappa shape index (κ3) is 2.92. The standard InChI is InChI=1S/C16H12BrN3O/c1-10-5-6-11-3-2-4-13(15(11)19-10)20-16(21)12-7-8-14(17)18-9-12/h2-9H,1H3,(H,20,21). The monoisotopic (exact) mass is 341 g/mol. The lowest BCUT2D eigenvalue weighted by Crippen LogP contribution is -2.12. The molecule has 0 aliphatic carbocycles. The summed E-state index contributed by atoms with van der Waals surface area (Å²) in [5.41, 5.74) is 2.90. The van der Waals surface area contributed by atoms with Gasteiger partial charge in [0.15, 0.2) is 0 Å². The molecule has 1 aromatic carbocycles. The second-order valence-electron chi connectivity index (χ2n) is 4.65. The Morgan fingerprint density at radius 2 is 2.00 bits per heavy atom. The lowest BCUT2D eigenvalue weighted by atomic mass is 10.1. The lowest BCUT2D eigenvalue weighted by Gasteiger charge is -2.08. The molecule has 0 bridgehead atoms. The Morgan fingerprint density at radius 1 is 1.14 bits per heavy atom. The largest absolute Gasteiger partial charge is 0.320 e. The summed E-state index contributed by atoms with van der Waals surface area (Å²) in [4.78, 5) is 20.8. The first kappa shape index (κ1) is 13.7. The van der Waals surface area contributed by atoms with Crippen LogP contribution in [-0.2, 0) is 0 Å². The van der Waals surface area contributed by atoms with Crippen molar-refractivity contribution >= 4 is 38.4 Å². The van der Waals surface area contributed by atoms with Crippen molar-refractivity contribution in [1.82, 2.24) is 9.97 Å². The number of aryl methyl sites for hydroxylation is 1. The molecule has 3 aromatic rings. The molecule has 0 aliphatic rings. The number of para-hydroxylation sites is 1. The van der Waals surface area contributed by atoms with Gasteiger partial charge in [-0.15, -0.1) is 0 Å². The molecular formula is C16H12BrN3O. The van der Waals surface area contributed by atoms with Gasteiger partial charge in [0.25, 0.3) is 5.91 Å². The molecule has 0 fully saturated rings. The van der Waals surface area contributed by atoms with E-state index in [0.717, 1.165) is 16.6 Å². The molecule has 0 unspecified atom stereocenters. The Balaban J connectivity index is 1.96. The highest BCUT2D eigenvalue weighted by Crippen LogP contribution is 2.22. The Hall–Kier alpha value is -2.27. The summed E-state index contributed by atoms with van der Waals surface area (Å²) < 4.78 is 0.696. The van der Waals surface area contributed by atoms with Gasteiger partial charge in [0.1, 0.15) is 4.60 Å². The van der Waals surface area contributed by atoms with E-state index in [9.17, 15) is 4.79 Å². The molecule has 104 valence electrons. The Bertz CT molecular complexity index is 815. The Morgan fingerprint density at radius 3 is 2.76 bits per heavy atom. The van der Waals surface area contributed by atoms with Crippen LogP contribution >= 0.6 is 15.9 Å². The van der Waals surface area contributed by atoms with Gasteiger partial charge in [0.2, 0.25) is 0 Å². The van der Waals surface area contributed by atoms with Crippen molar-refractivity contribution < 1.29 is 4.79 Å². The maximum atomic E-state index is 12.3. The Kier molecular flexibility index (Phi) is 3.66. The maximum absolute atomic E-state index is 12.3. The van der Waals surface area contributed by atoms with Crippen LogP contribution in [0, 0.1) is 6.92 Å². The topological polar surface area (TPSA) is 54.9 Å². The zero-order chi connectivity index (χ0) is 14.8. The molecule has 1 amide bonds. The lowest BCUT2D eigenvalue weighted by molar-refractivity contribution is 0.102. The predicted molar refractivity (Wildman–Crippen MR) is 86.4 cm³/mol. The fraction of sp³-hybridized carbons (Fsp3) is 0.0625. The second kappa shape index (κ2) is 5.61. The number of carbonyl (C=O) groups excluding carboxylic acids is 1. The van der Waals surface area contributed by atoms with Gasteiger partial charge >= 0.3 is 0 Å². The number of carbonyl (C=O) groups is 1.